The molecule has 1 aromatic heterocycles. The third-order valence-corrected chi connectivity index (χ3v) is 3.27. The summed E-state index contributed by atoms with van der Waals surface area (Å²) in [5.74, 6) is -0.0369. The van der Waals surface area contributed by atoms with E-state index in [1.807, 2.05) is 34.0 Å². The van der Waals surface area contributed by atoms with Gasteiger partial charge in [0.25, 0.3) is 0 Å². The quantitative estimate of drug-likeness (QED) is 0.812. The van der Waals surface area contributed by atoms with Gasteiger partial charge in [0.15, 0.2) is 0 Å². The maximum Gasteiger partial charge on any atom is 0.231 e. The number of nitrogens with two attached hydrogens (primary N) is 1. The first-order valence-corrected chi connectivity index (χ1v) is 6.00. The van der Waals surface area contributed by atoms with E-state index in [2.05, 4.69) is 10.4 Å². The molecule has 5 nitrogen and oxygen atoms in total. The fourth-order valence-electron chi connectivity index (χ4n) is 1.57. The van der Waals surface area contributed by atoms with Gasteiger partial charge in [0, 0.05) is 19.8 Å². The molecule has 0 fully saturated rings. The Morgan fingerprint density at radius 1 is 1.59 bits per heavy atom. The van der Waals surface area contributed by atoms with Gasteiger partial charge in [0.2, 0.25) is 5.91 Å². The van der Waals surface area contributed by atoms with Crippen molar-refractivity contribution in [3.05, 3.63) is 11.9 Å². The summed E-state index contributed by atoms with van der Waals surface area (Å²) in [4.78, 5) is 12.1. The molecular formula is C12H22N4O. The topological polar surface area (TPSA) is 72.9 Å². The summed E-state index contributed by atoms with van der Waals surface area (Å²) in [6.45, 7) is 6.21. The Labute approximate surface area is 102 Å². The Hall–Kier alpha value is -1.36. The van der Waals surface area contributed by atoms with Crippen LogP contribution in [0.5, 0.6) is 0 Å². The number of anilines is 1. The molecule has 0 saturated carbocycles. The van der Waals surface area contributed by atoms with Crippen molar-refractivity contribution < 1.29 is 4.79 Å². The van der Waals surface area contributed by atoms with Gasteiger partial charge in [-0.3, -0.25) is 9.48 Å². The van der Waals surface area contributed by atoms with Gasteiger partial charge in [-0.15, -0.1) is 0 Å². The van der Waals surface area contributed by atoms with Gasteiger partial charge in [-0.1, -0.05) is 13.8 Å². The molecule has 0 radical (unpaired) electrons. The highest BCUT2D eigenvalue weighted by Gasteiger charge is 2.30. The Kier molecular flexibility index (Phi) is 4.28. The number of hydrogen-bond donors (Lipinski definition) is 2. The average molecular weight is 238 g/mol. The van der Waals surface area contributed by atoms with Gasteiger partial charge in [0.05, 0.1) is 16.8 Å². The Bertz CT molecular complexity index is 393. The number of hydrogen-bond acceptors (Lipinski definition) is 3. The van der Waals surface area contributed by atoms with Gasteiger partial charge in [-0.05, 0) is 19.8 Å². The summed E-state index contributed by atoms with van der Waals surface area (Å²) in [6.07, 6.45) is 3.34. The first-order chi connectivity index (χ1) is 7.96. The molecule has 0 spiro atoms. The number of amides is 1. The molecule has 17 heavy (non-hydrogen) atoms. The van der Waals surface area contributed by atoms with E-state index in [1.54, 1.807) is 4.68 Å². The largest absolute Gasteiger partial charge is 0.329 e. The van der Waals surface area contributed by atoms with Crippen LogP contribution in [0.3, 0.4) is 0 Å². The summed E-state index contributed by atoms with van der Waals surface area (Å²) in [6, 6.07) is 0. The number of carbonyl (C=O) groups is 1. The summed E-state index contributed by atoms with van der Waals surface area (Å²) >= 11 is 0. The van der Waals surface area contributed by atoms with Gasteiger partial charge in [0.1, 0.15) is 0 Å². The van der Waals surface area contributed by atoms with Gasteiger partial charge >= 0.3 is 0 Å². The molecule has 1 atom stereocenters. The zero-order valence-corrected chi connectivity index (χ0v) is 11.1. The minimum Gasteiger partial charge on any atom is -0.329 e. The second-order valence-electron chi connectivity index (χ2n) is 4.59. The lowest BCUT2D eigenvalue weighted by Gasteiger charge is -2.24. The molecule has 1 unspecified atom stereocenters. The van der Waals surface area contributed by atoms with Crippen molar-refractivity contribution in [3.8, 4) is 0 Å². The molecule has 0 saturated heterocycles. The highest BCUT2D eigenvalue weighted by atomic mass is 16.2. The number of nitrogens with zero attached hydrogens (tertiary/aromatic N) is 2. The first kappa shape index (κ1) is 13.7. The van der Waals surface area contributed by atoms with Crippen LogP contribution in [0.2, 0.25) is 0 Å². The monoisotopic (exact) mass is 238 g/mol. The summed E-state index contributed by atoms with van der Waals surface area (Å²) in [7, 11) is 1.84. The van der Waals surface area contributed by atoms with Crippen LogP contribution in [0.1, 0.15) is 32.9 Å². The van der Waals surface area contributed by atoms with E-state index in [4.69, 9.17) is 5.73 Å². The van der Waals surface area contributed by atoms with Crippen molar-refractivity contribution in [2.24, 2.45) is 18.2 Å². The Balaban J connectivity index is 2.87. The fraction of sp³-hybridized carbons (Fsp3) is 0.667. The maximum absolute atomic E-state index is 12.1. The van der Waals surface area contributed by atoms with Crippen LogP contribution in [-0.4, -0.2) is 22.2 Å². The van der Waals surface area contributed by atoms with Crippen molar-refractivity contribution in [3.63, 3.8) is 0 Å². The summed E-state index contributed by atoms with van der Waals surface area (Å²) in [5.41, 5.74) is 6.84. The molecule has 5 heteroatoms. The fourth-order valence-corrected chi connectivity index (χ4v) is 1.57. The van der Waals surface area contributed by atoms with E-state index >= 15 is 0 Å². The second kappa shape index (κ2) is 5.31. The molecule has 1 amide bonds. The van der Waals surface area contributed by atoms with Crippen LogP contribution in [-0.2, 0) is 18.3 Å². The number of nitrogens with one attached hydrogen (secondary N) is 1. The molecule has 3 N–H and O–H groups in total. The van der Waals surface area contributed by atoms with E-state index in [1.165, 1.54) is 0 Å². The van der Waals surface area contributed by atoms with Crippen LogP contribution < -0.4 is 11.1 Å². The van der Waals surface area contributed by atoms with Crippen molar-refractivity contribution in [1.82, 2.24) is 9.78 Å². The number of rotatable bonds is 5. The van der Waals surface area contributed by atoms with E-state index in [9.17, 15) is 4.79 Å². The average Bonchev–Trinajstić information content (AvgIpc) is 2.68. The molecule has 1 aromatic rings. The molecule has 0 aromatic carbocycles. The highest BCUT2D eigenvalue weighted by molar-refractivity contribution is 5.95. The van der Waals surface area contributed by atoms with E-state index in [0.717, 1.165) is 24.2 Å². The third-order valence-electron chi connectivity index (χ3n) is 3.27. The van der Waals surface area contributed by atoms with Crippen LogP contribution in [0.4, 0.5) is 5.69 Å². The number of carbonyl (C=O) groups excluding carboxylic acids is 1. The smallest absolute Gasteiger partial charge is 0.231 e. The predicted molar refractivity (Wildman–Crippen MR) is 68.7 cm³/mol. The zero-order valence-electron chi connectivity index (χ0n) is 11.1. The molecule has 0 bridgehead atoms. The van der Waals surface area contributed by atoms with Gasteiger partial charge in [-0.2, -0.15) is 5.10 Å². The normalized spacial score (nSPS) is 14.4. The second-order valence-corrected chi connectivity index (χ2v) is 4.59. The third kappa shape index (κ3) is 2.85. The predicted octanol–water partition coefficient (Wildman–Crippen LogP) is 1.30. The SMILES string of the molecule is CCc1nn(C)cc1NC(=O)C(C)(CC)CN. The van der Waals surface area contributed by atoms with Crippen LogP contribution in [0.25, 0.3) is 0 Å². The number of aryl methyl sites for hydroxylation is 2. The molecule has 0 aliphatic rings. The lowest BCUT2D eigenvalue weighted by Crippen LogP contribution is -2.39. The Morgan fingerprint density at radius 2 is 2.24 bits per heavy atom. The van der Waals surface area contributed by atoms with Crippen molar-refractivity contribution in [1.29, 1.82) is 0 Å². The van der Waals surface area contributed by atoms with Crippen LogP contribution in [0.15, 0.2) is 6.20 Å². The van der Waals surface area contributed by atoms with Crippen LogP contribution in [0, 0.1) is 5.41 Å². The molecule has 0 aliphatic heterocycles. The lowest BCUT2D eigenvalue weighted by atomic mass is 9.86. The maximum atomic E-state index is 12.1. The molecule has 0 aliphatic carbocycles. The van der Waals surface area contributed by atoms with Crippen molar-refractivity contribution in [2.75, 3.05) is 11.9 Å². The zero-order chi connectivity index (χ0) is 13.1. The van der Waals surface area contributed by atoms with E-state index in [-0.39, 0.29) is 5.91 Å². The molecular weight excluding hydrogens is 216 g/mol. The van der Waals surface area contributed by atoms with Crippen molar-refractivity contribution in [2.45, 2.75) is 33.6 Å². The van der Waals surface area contributed by atoms with E-state index < -0.39 is 5.41 Å². The van der Waals surface area contributed by atoms with Gasteiger partial charge < -0.3 is 11.1 Å². The number of aromatic nitrogens is 2. The first-order valence-electron chi connectivity index (χ1n) is 6.00. The molecule has 1 rings (SSSR count). The van der Waals surface area contributed by atoms with Gasteiger partial charge in [-0.25, -0.2) is 0 Å². The standard InChI is InChI=1S/C12H22N4O/c1-5-9-10(7-16(4)15-9)14-11(17)12(3,6-2)8-13/h7H,5-6,8,13H2,1-4H3,(H,14,17). The Morgan fingerprint density at radius 3 is 2.71 bits per heavy atom. The highest BCUT2D eigenvalue weighted by Crippen LogP contribution is 2.23. The summed E-state index contributed by atoms with van der Waals surface area (Å²) in [5, 5.41) is 7.21. The van der Waals surface area contributed by atoms with Crippen molar-refractivity contribution >= 4 is 11.6 Å². The molecule has 1 heterocycles. The summed E-state index contributed by atoms with van der Waals surface area (Å²) < 4.78 is 1.71. The molecule has 96 valence electrons. The van der Waals surface area contributed by atoms with Crippen LogP contribution >= 0.6 is 0 Å². The minimum atomic E-state index is -0.513. The van der Waals surface area contributed by atoms with E-state index in [0.29, 0.717) is 6.54 Å². The lowest BCUT2D eigenvalue weighted by molar-refractivity contribution is -0.124. The minimum absolute atomic E-state index is 0.0369.